The summed E-state index contributed by atoms with van der Waals surface area (Å²) in [4.78, 5) is 13.1. The SMILES string of the molecule is CC(C)c1nc2c(n1C)CCN(Cc1cn3ccsc3n1)C2. The number of fused-ring (bicyclic) bond motifs is 2. The molecule has 0 saturated heterocycles. The molecule has 0 radical (unpaired) electrons. The highest BCUT2D eigenvalue weighted by Crippen LogP contribution is 2.24. The van der Waals surface area contributed by atoms with E-state index in [4.69, 9.17) is 4.98 Å². The van der Waals surface area contributed by atoms with Crippen molar-refractivity contribution >= 4 is 16.3 Å². The summed E-state index contributed by atoms with van der Waals surface area (Å²) in [7, 11) is 2.15. The molecule has 1 aliphatic heterocycles. The molecule has 3 aromatic rings. The fourth-order valence-corrected chi connectivity index (χ4v) is 4.05. The molecule has 0 fully saturated rings. The summed E-state index contributed by atoms with van der Waals surface area (Å²) in [5.74, 6) is 1.68. The summed E-state index contributed by atoms with van der Waals surface area (Å²) in [6.45, 7) is 7.34. The molecule has 4 rings (SSSR count). The molecule has 1 aliphatic rings. The van der Waals surface area contributed by atoms with Crippen LogP contribution in [-0.4, -0.2) is 30.4 Å². The largest absolute Gasteiger partial charge is 0.335 e. The van der Waals surface area contributed by atoms with E-state index in [1.807, 2.05) is 0 Å². The fraction of sp³-hybridized carbons (Fsp3) is 0.500. The topological polar surface area (TPSA) is 38.4 Å². The van der Waals surface area contributed by atoms with Gasteiger partial charge >= 0.3 is 0 Å². The first-order valence-corrected chi connectivity index (χ1v) is 8.67. The average molecular weight is 315 g/mol. The summed E-state index contributed by atoms with van der Waals surface area (Å²) >= 11 is 1.68. The summed E-state index contributed by atoms with van der Waals surface area (Å²) in [5, 5.41) is 2.07. The van der Waals surface area contributed by atoms with Crippen LogP contribution in [0.4, 0.5) is 0 Å². The third-order valence-electron chi connectivity index (χ3n) is 4.41. The molecule has 0 spiro atoms. The van der Waals surface area contributed by atoms with Crippen LogP contribution < -0.4 is 0 Å². The molecule has 0 atom stereocenters. The minimum absolute atomic E-state index is 0.476. The van der Waals surface area contributed by atoms with Crippen LogP contribution in [-0.2, 0) is 26.6 Å². The first kappa shape index (κ1) is 14.0. The zero-order valence-electron chi connectivity index (χ0n) is 13.3. The van der Waals surface area contributed by atoms with E-state index in [0.717, 1.165) is 36.7 Å². The Hall–Kier alpha value is -1.66. The lowest BCUT2D eigenvalue weighted by Gasteiger charge is -2.25. The van der Waals surface area contributed by atoms with Crippen LogP contribution in [0, 0.1) is 0 Å². The van der Waals surface area contributed by atoms with E-state index >= 15 is 0 Å². The molecular weight excluding hydrogens is 294 g/mol. The van der Waals surface area contributed by atoms with Crippen molar-refractivity contribution in [2.45, 2.75) is 39.3 Å². The number of hydrogen-bond donors (Lipinski definition) is 0. The Morgan fingerprint density at radius 3 is 2.95 bits per heavy atom. The van der Waals surface area contributed by atoms with Crippen LogP contribution in [0.3, 0.4) is 0 Å². The van der Waals surface area contributed by atoms with Gasteiger partial charge in [-0.25, -0.2) is 9.97 Å². The lowest BCUT2D eigenvalue weighted by Crippen LogP contribution is -2.30. The summed E-state index contributed by atoms with van der Waals surface area (Å²) in [5.41, 5.74) is 3.81. The normalized spacial score (nSPS) is 15.8. The lowest BCUT2D eigenvalue weighted by molar-refractivity contribution is 0.237. The van der Waals surface area contributed by atoms with Gasteiger partial charge in [-0.1, -0.05) is 13.8 Å². The van der Waals surface area contributed by atoms with Gasteiger partial charge in [0, 0.05) is 62.5 Å². The molecule has 3 aromatic heterocycles. The predicted octanol–water partition coefficient (Wildman–Crippen LogP) is 2.81. The van der Waals surface area contributed by atoms with Crippen molar-refractivity contribution in [1.82, 2.24) is 23.8 Å². The van der Waals surface area contributed by atoms with Gasteiger partial charge in [-0.15, -0.1) is 11.3 Å². The number of nitrogens with zero attached hydrogens (tertiary/aromatic N) is 5. The highest BCUT2D eigenvalue weighted by Gasteiger charge is 2.24. The maximum atomic E-state index is 4.87. The van der Waals surface area contributed by atoms with Gasteiger partial charge in [0.25, 0.3) is 0 Å². The van der Waals surface area contributed by atoms with Gasteiger partial charge in [0.2, 0.25) is 0 Å². The Bertz CT molecular complexity index is 781. The van der Waals surface area contributed by atoms with Crippen molar-refractivity contribution in [2.75, 3.05) is 6.54 Å². The third kappa shape index (κ3) is 2.27. The molecule has 0 unspecified atom stereocenters. The van der Waals surface area contributed by atoms with Crippen LogP contribution in [0.5, 0.6) is 0 Å². The predicted molar refractivity (Wildman–Crippen MR) is 88.2 cm³/mol. The highest BCUT2D eigenvalue weighted by molar-refractivity contribution is 7.15. The van der Waals surface area contributed by atoms with Crippen LogP contribution in [0.1, 0.15) is 42.7 Å². The van der Waals surface area contributed by atoms with Crippen molar-refractivity contribution in [2.24, 2.45) is 7.05 Å². The zero-order valence-corrected chi connectivity index (χ0v) is 14.1. The van der Waals surface area contributed by atoms with Gasteiger partial charge in [0.05, 0.1) is 11.4 Å². The number of hydrogen-bond acceptors (Lipinski definition) is 4. The molecular formula is C16H21N5S. The monoisotopic (exact) mass is 315 g/mol. The van der Waals surface area contributed by atoms with Crippen LogP contribution >= 0.6 is 11.3 Å². The molecule has 22 heavy (non-hydrogen) atoms. The molecule has 4 heterocycles. The van der Waals surface area contributed by atoms with E-state index in [1.165, 1.54) is 17.2 Å². The molecule has 0 aliphatic carbocycles. The van der Waals surface area contributed by atoms with Gasteiger partial charge in [0.15, 0.2) is 4.96 Å². The third-order valence-corrected chi connectivity index (χ3v) is 5.19. The molecule has 0 saturated carbocycles. The Kier molecular flexibility index (Phi) is 3.31. The minimum atomic E-state index is 0.476. The van der Waals surface area contributed by atoms with Crippen LogP contribution in [0.25, 0.3) is 4.96 Å². The van der Waals surface area contributed by atoms with Crippen molar-refractivity contribution in [1.29, 1.82) is 0 Å². The summed E-state index contributed by atoms with van der Waals surface area (Å²) in [6.07, 6.45) is 5.28. The fourth-order valence-electron chi connectivity index (χ4n) is 3.34. The van der Waals surface area contributed by atoms with Gasteiger partial charge in [0.1, 0.15) is 5.82 Å². The Labute approximate surface area is 134 Å². The molecule has 5 nitrogen and oxygen atoms in total. The maximum absolute atomic E-state index is 4.87. The standard InChI is InChI=1S/C16H21N5S/c1-11(2)15-18-13-10-20(5-4-14(13)19(15)3)8-12-9-21-6-7-22-16(21)17-12/h6-7,9,11H,4-5,8,10H2,1-3H3. The first-order chi connectivity index (χ1) is 10.6. The maximum Gasteiger partial charge on any atom is 0.193 e. The second-order valence-electron chi connectivity index (χ2n) is 6.36. The van der Waals surface area contributed by atoms with E-state index in [2.05, 4.69) is 57.5 Å². The van der Waals surface area contributed by atoms with Gasteiger partial charge < -0.3 is 4.57 Å². The molecule has 0 bridgehead atoms. The van der Waals surface area contributed by atoms with Crippen LogP contribution in [0.2, 0.25) is 0 Å². The van der Waals surface area contributed by atoms with Gasteiger partial charge in [-0.05, 0) is 0 Å². The van der Waals surface area contributed by atoms with Crippen molar-refractivity contribution in [3.05, 3.63) is 40.7 Å². The highest BCUT2D eigenvalue weighted by atomic mass is 32.1. The van der Waals surface area contributed by atoms with E-state index < -0.39 is 0 Å². The Morgan fingerprint density at radius 2 is 2.18 bits per heavy atom. The quantitative estimate of drug-likeness (QED) is 0.746. The second-order valence-corrected chi connectivity index (χ2v) is 7.24. The van der Waals surface area contributed by atoms with Crippen molar-refractivity contribution < 1.29 is 0 Å². The Morgan fingerprint density at radius 1 is 1.32 bits per heavy atom. The summed E-state index contributed by atoms with van der Waals surface area (Å²) in [6, 6.07) is 0. The number of aromatic nitrogens is 4. The number of rotatable bonds is 3. The number of imidazole rings is 2. The molecule has 0 N–H and O–H groups in total. The average Bonchev–Trinajstić information content (AvgIpc) is 3.12. The zero-order chi connectivity index (χ0) is 15.3. The first-order valence-electron chi connectivity index (χ1n) is 7.79. The van der Waals surface area contributed by atoms with E-state index in [1.54, 1.807) is 11.3 Å². The van der Waals surface area contributed by atoms with Crippen molar-refractivity contribution in [3.8, 4) is 0 Å². The number of thiazole rings is 1. The van der Waals surface area contributed by atoms with Gasteiger partial charge in [-0.3, -0.25) is 9.30 Å². The lowest BCUT2D eigenvalue weighted by atomic mass is 10.1. The minimum Gasteiger partial charge on any atom is -0.335 e. The van der Waals surface area contributed by atoms with Crippen LogP contribution in [0.15, 0.2) is 17.8 Å². The Balaban J connectivity index is 1.54. The van der Waals surface area contributed by atoms with Crippen molar-refractivity contribution in [3.63, 3.8) is 0 Å². The molecule has 0 amide bonds. The molecule has 116 valence electrons. The second kappa shape index (κ2) is 5.21. The van der Waals surface area contributed by atoms with E-state index in [0.29, 0.717) is 5.92 Å². The molecule has 0 aromatic carbocycles. The smallest absolute Gasteiger partial charge is 0.193 e. The van der Waals surface area contributed by atoms with Gasteiger partial charge in [-0.2, -0.15) is 0 Å². The molecule has 6 heteroatoms. The summed E-state index contributed by atoms with van der Waals surface area (Å²) < 4.78 is 4.40. The van der Waals surface area contributed by atoms with E-state index in [9.17, 15) is 0 Å². The van der Waals surface area contributed by atoms with E-state index in [-0.39, 0.29) is 0 Å².